The van der Waals surface area contributed by atoms with Gasteiger partial charge >= 0.3 is 5.97 Å². The number of allylic oxidation sites excluding steroid dienone is 1. The zero-order valence-corrected chi connectivity index (χ0v) is 17.5. The summed E-state index contributed by atoms with van der Waals surface area (Å²) in [5, 5.41) is 10.0. The summed E-state index contributed by atoms with van der Waals surface area (Å²) in [5.74, 6) is -1.09. The normalized spacial score (nSPS) is 13.9. The highest BCUT2D eigenvalue weighted by atomic mass is 31.0. The Kier molecular flexibility index (Phi) is 6.51. The minimum absolute atomic E-state index is 0.00895. The summed E-state index contributed by atoms with van der Waals surface area (Å²) < 4.78 is 20.3. The first-order chi connectivity index (χ1) is 13.3. The Morgan fingerprint density at radius 1 is 1.18 bits per heavy atom. The zero-order valence-electron chi connectivity index (χ0n) is 16.3. The average molecular weight is 400 g/mol. The number of carboxylic acid groups (broad SMARTS) is 1. The Morgan fingerprint density at radius 2 is 1.96 bits per heavy atom. The maximum Gasteiger partial charge on any atom is 0.303 e. The van der Waals surface area contributed by atoms with Gasteiger partial charge in [0.05, 0.1) is 0 Å². The average Bonchev–Trinajstić information content (AvgIpc) is 3.11. The Labute approximate surface area is 167 Å². The van der Waals surface area contributed by atoms with Crippen molar-refractivity contribution in [1.82, 2.24) is 0 Å². The van der Waals surface area contributed by atoms with Crippen LogP contribution in [0.5, 0.6) is 5.75 Å². The summed E-state index contributed by atoms with van der Waals surface area (Å²) in [4.78, 5) is 10.7. The first kappa shape index (κ1) is 20.5. The number of hydrogen-bond acceptors (Lipinski definition) is 2. The topological polar surface area (TPSA) is 46.5 Å². The van der Waals surface area contributed by atoms with Crippen LogP contribution in [0.2, 0.25) is 0 Å². The lowest BCUT2D eigenvalue weighted by Crippen LogP contribution is -2.05. The van der Waals surface area contributed by atoms with Crippen molar-refractivity contribution in [2.75, 3.05) is 6.61 Å². The molecular weight excluding hydrogens is 374 g/mol. The monoisotopic (exact) mass is 400 g/mol. The summed E-state index contributed by atoms with van der Waals surface area (Å²) in [5.41, 5.74) is 6.54. The molecule has 148 valence electrons. The first-order valence-corrected chi connectivity index (χ1v) is 10.1. The second-order valence-electron chi connectivity index (χ2n) is 7.40. The highest BCUT2D eigenvalue weighted by Gasteiger charge is 2.18. The van der Waals surface area contributed by atoms with E-state index < -0.39 is 11.8 Å². The van der Waals surface area contributed by atoms with Gasteiger partial charge in [0.25, 0.3) is 0 Å². The predicted molar refractivity (Wildman–Crippen MR) is 114 cm³/mol. The molecular formula is C23H26FO3P. The third-order valence-electron chi connectivity index (χ3n) is 5.36. The van der Waals surface area contributed by atoms with Crippen LogP contribution < -0.4 is 10.0 Å². The van der Waals surface area contributed by atoms with Crippen LogP contribution in [0.15, 0.2) is 35.9 Å². The minimum Gasteiger partial charge on any atom is -0.486 e. The molecule has 0 saturated carbocycles. The molecule has 1 atom stereocenters. The van der Waals surface area contributed by atoms with Crippen LogP contribution in [-0.4, -0.2) is 17.7 Å². The summed E-state index contributed by atoms with van der Waals surface area (Å²) in [6, 6.07) is 9.53. The second-order valence-corrected chi connectivity index (χ2v) is 8.02. The van der Waals surface area contributed by atoms with Gasteiger partial charge in [-0.25, -0.2) is 4.39 Å². The van der Waals surface area contributed by atoms with Gasteiger partial charge in [-0.1, -0.05) is 12.1 Å². The quantitative estimate of drug-likeness (QED) is 0.667. The van der Waals surface area contributed by atoms with Gasteiger partial charge in [-0.2, -0.15) is 0 Å². The summed E-state index contributed by atoms with van der Waals surface area (Å²) in [7, 11) is 2.78. The number of halogens is 1. The molecule has 1 N–H and O–H groups in total. The van der Waals surface area contributed by atoms with E-state index in [4.69, 9.17) is 9.84 Å². The van der Waals surface area contributed by atoms with Crippen molar-refractivity contribution >= 4 is 26.1 Å². The standard InChI is InChI=1S/C23H26FO3P/c1-14-6-7-17(12-22(14)28)19-5-3-4-18(19)13-27-21-10-15(2)16(11-20(21)24)8-9-23(25)26/h6-7,10-12H,3-5,8-9,13,28H2,1-2H3,(H,25,26). The van der Waals surface area contributed by atoms with Crippen LogP contribution >= 0.6 is 9.24 Å². The van der Waals surface area contributed by atoms with Gasteiger partial charge in [-0.3, -0.25) is 4.79 Å². The van der Waals surface area contributed by atoms with Gasteiger partial charge in [0.15, 0.2) is 11.6 Å². The van der Waals surface area contributed by atoms with Crippen molar-refractivity contribution < 1.29 is 19.0 Å². The molecule has 0 aliphatic heterocycles. The predicted octanol–water partition coefficient (Wildman–Crippen LogP) is 4.98. The molecule has 0 radical (unpaired) electrons. The Hall–Kier alpha value is -2.19. The molecule has 0 bridgehead atoms. The third kappa shape index (κ3) is 4.80. The van der Waals surface area contributed by atoms with E-state index >= 15 is 0 Å². The van der Waals surface area contributed by atoms with E-state index in [0.717, 1.165) is 24.8 Å². The molecule has 5 heteroatoms. The van der Waals surface area contributed by atoms with Crippen LogP contribution in [0.4, 0.5) is 4.39 Å². The van der Waals surface area contributed by atoms with Gasteiger partial charge in [-0.05, 0) is 96.4 Å². The van der Waals surface area contributed by atoms with Crippen molar-refractivity contribution in [2.45, 2.75) is 46.0 Å². The van der Waals surface area contributed by atoms with Crippen molar-refractivity contribution in [2.24, 2.45) is 0 Å². The lowest BCUT2D eigenvalue weighted by atomic mass is 10.0. The molecule has 28 heavy (non-hydrogen) atoms. The number of aliphatic carboxylic acids is 1. The number of hydrogen-bond donors (Lipinski definition) is 1. The molecule has 3 rings (SSSR count). The van der Waals surface area contributed by atoms with E-state index in [1.54, 1.807) is 6.07 Å². The molecule has 1 aliphatic carbocycles. The largest absolute Gasteiger partial charge is 0.486 e. The van der Waals surface area contributed by atoms with Gasteiger partial charge < -0.3 is 9.84 Å². The van der Waals surface area contributed by atoms with E-state index in [0.29, 0.717) is 18.6 Å². The molecule has 1 unspecified atom stereocenters. The summed E-state index contributed by atoms with van der Waals surface area (Å²) in [6.07, 6.45) is 3.38. The second kappa shape index (κ2) is 8.87. The highest BCUT2D eigenvalue weighted by Crippen LogP contribution is 2.34. The number of carbonyl (C=O) groups is 1. The summed E-state index contributed by atoms with van der Waals surface area (Å²) >= 11 is 0. The lowest BCUT2D eigenvalue weighted by Gasteiger charge is -2.14. The molecule has 3 nitrogen and oxygen atoms in total. The molecule has 0 heterocycles. The minimum atomic E-state index is -0.884. The molecule has 0 amide bonds. The smallest absolute Gasteiger partial charge is 0.303 e. The van der Waals surface area contributed by atoms with Crippen molar-refractivity contribution in [3.8, 4) is 5.75 Å². The van der Waals surface area contributed by atoms with Crippen LogP contribution in [0.3, 0.4) is 0 Å². The highest BCUT2D eigenvalue weighted by molar-refractivity contribution is 7.27. The van der Waals surface area contributed by atoms with Crippen LogP contribution in [0.25, 0.3) is 5.57 Å². The fraction of sp³-hybridized carbons (Fsp3) is 0.348. The number of benzene rings is 2. The van der Waals surface area contributed by atoms with Gasteiger partial charge in [0, 0.05) is 6.42 Å². The molecule has 0 saturated heterocycles. The van der Waals surface area contributed by atoms with Crippen molar-refractivity contribution in [3.05, 3.63) is 64.0 Å². The maximum absolute atomic E-state index is 14.5. The molecule has 2 aromatic rings. The maximum atomic E-state index is 14.5. The zero-order chi connectivity index (χ0) is 20.3. The van der Waals surface area contributed by atoms with Crippen LogP contribution in [-0.2, 0) is 11.2 Å². The van der Waals surface area contributed by atoms with Gasteiger partial charge in [-0.15, -0.1) is 9.24 Å². The van der Waals surface area contributed by atoms with Gasteiger partial charge in [0.2, 0.25) is 0 Å². The lowest BCUT2D eigenvalue weighted by molar-refractivity contribution is -0.136. The van der Waals surface area contributed by atoms with E-state index in [2.05, 4.69) is 34.4 Å². The summed E-state index contributed by atoms with van der Waals surface area (Å²) in [6.45, 7) is 4.32. The Morgan fingerprint density at radius 3 is 2.68 bits per heavy atom. The third-order valence-corrected chi connectivity index (χ3v) is 5.98. The van der Waals surface area contributed by atoms with E-state index in [1.165, 1.54) is 33.6 Å². The fourth-order valence-electron chi connectivity index (χ4n) is 3.62. The van der Waals surface area contributed by atoms with E-state index in [9.17, 15) is 9.18 Å². The number of carboxylic acids is 1. The molecule has 0 fully saturated rings. The van der Waals surface area contributed by atoms with Crippen LogP contribution in [0.1, 0.15) is 47.9 Å². The van der Waals surface area contributed by atoms with Crippen LogP contribution in [0, 0.1) is 19.7 Å². The number of rotatable bonds is 7. The fourth-order valence-corrected chi connectivity index (χ4v) is 3.90. The number of ether oxygens (including phenoxy) is 1. The number of aryl methyl sites for hydroxylation is 3. The molecule has 0 aromatic heterocycles. The first-order valence-electron chi connectivity index (χ1n) is 9.56. The molecule has 0 spiro atoms. The molecule has 2 aromatic carbocycles. The van der Waals surface area contributed by atoms with Crippen molar-refractivity contribution in [1.29, 1.82) is 0 Å². The SMILES string of the molecule is Cc1ccc(C2=C(COc3cc(C)c(CCC(=O)O)cc3F)CCC2)cc1P. The molecule has 1 aliphatic rings. The van der Waals surface area contributed by atoms with E-state index in [1.807, 2.05) is 6.92 Å². The Balaban J connectivity index is 1.76. The van der Waals surface area contributed by atoms with Gasteiger partial charge in [0.1, 0.15) is 6.61 Å². The van der Waals surface area contributed by atoms with Crippen molar-refractivity contribution in [3.63, 3.8) is 0 Å². The van der Waals surface area contributed by atoms with E-state index in [-0.39, 0.29) is 12.2 Å². The Bertz CT molecular complexity index is 934.